The maximum Gasteiger partial charge on any atom is 0.311 e. The lowest BCUT2D eigenvalue weighted by Crippen LogP contribution is -2.43. The van der Waals surface area contributed by atoms with Crippen LogP contribution in [0.3, 0.4) is 0 Å². The van der Waals surface area contributed by atoms with E-state index in [4.69, 9.17) is 0 Å². The number of hydrogen-bond acceptors (Lipinski definition) is 5. The van der Waals surface area contributed by atoms with E-state index in [2.05, 4.69) is 21.7 Å². The smallest absolute Gasteiger partial charge is 0.311 e. The second-order valence-corrected chi connectivity index (χ2v) is 7.04. The summed E-state index contributed by atoms with van der Waals surface area (Å²) < 4.78 is 0. The second-order valence-electron chi connectivity index (χ2n) is 7.04. The van der Waals surface area contributed by atoms with Gasteiger partial charge in [-0.2, -0.15) is 0 Å². The van der Waals surface area contributed by atoms with Crippen LogP contribution in [-0.2, 0) is 0 Å². The Labute approximate surface area is 137 Å². The third-order valence-electron chi connectivity index (χ3n) is 5.17. The van der Waals surface area contributed by atoms with Crippen LogP contribution < -0.4 is 4.90 Å². The predicted octanol–water partition coefficient (Wildman–Crippen LogP) is 2.94. The fourth-order valence-corrected chi connectivity index (χ4v) is 3.79. The van der Waals surface area contributed by atoms with Crippen LogP contribution in [0, 0.1) is 22.0 Å². The van der Waals surface area contributed by atoms with E-state index >= 15 is 0 Å². The predicted molar refractivity (Wildman–Crippen MR) is 90.7 cm³/mol. The third kappa shape index (κ3) is 3.99. The van der Waals surface area contributed by atoms with E-state index in [1.807, 2.05) is 0 Å². The lowest BCUT2D eigenvalue weighted by Gasteiger charge is -2.38. The summed E-state index contributed by atoms with van der Waals surface area (Å²) in [6, 6.07) is 3.19. The first-order valence-electron chi connectivity index (χ1n) is 8.70. The van der Waals surface area contributed by atoms with Crippen molar-refractivity contribution in [1.82, 2.24) is 9.88 Å². The molecule has 6 nitrogen and oxygen atoms in total. The highest BCUT2D eigenvalue weighted by Gasteiger charge is 2.28. The molecular formula is C17H26N4O2. The van der Waals surface area contributed by atoms with E-state index < -0.39 is 0 Å². The summed E-state index contributed by atoms with van der Waals surface area (Å²) in [5.41, 5.74) is 0.125. The van der Waals surface area contributed by atoms with Crippen molar-refractivity contribution >= 4 is 11.5 Å². The molecule has 0 amide bonds. The van der Waals surface area contributed by atoms with Crippen molar-refractivity contribution < 1.29 is 4.92 Å². The summed E-state index contributed by atoms with van der Waals surface area (Å²) in [5, 5.41) is 11.2. The molecule has 126 valence electrons. The van der Waals surface area contributed by atoms with Gasteiger partial charge in [-0.3, -0.25) is 10.1 Å². The van der Waals surface area contributed by atoms with Crippen LogP contribution in [0.25, 0.3) is 0 Å². The molecule has 2 fully saturated rings. The second kappa shape index (κ2) is 7.25. The zero-order valence-electron chi connectivity index (χ0n) is 13.9. The molecule has 2 saturated heterocycles. The van der Waals surface area contributed by atoms with E-state index in [9.17, 15) is 10.1 Å². The SMILES string of the molecule is CC1CCN(CC2CCCN(c3ncccc3[N+](=O)[O-])C2)CC1. The number of likely N-dealkylation sites (tertiary alicyclic amines) is 1. The first-order chi connectivity index (χ1) is 11.1. The fraction of sp³-hybridized carbons (Fsp3) is 0.706. The lowest BCUT2D eigenvalue weighted by atomic mass is 9.94. The number of nitrogens with zero attached hydrogens (tertiary/aromatic N) is 4. The van der Waals surface area contributed by atoms with Gasteiger partial charge in [0.25, 0.3) is 0 Å². The zero-order valence-corrected chi connectivity index (χ0v) is 13.9. The average molecular weight is 318 g/mol. The first-order valence-corrected chi connectivity index (χ1v) is 8.70. The summed E-state index contributed by atoms with van der Waals surface area (Å²) in [5.74, 6) is 1.97. The Morgan fingerprint density at radius 2 is 2.09 bits per heavy atom. The van der Waals surface area contributed by atoms with Crippen LogP contribution >= 0.6 is 0 Å². The van der Waals surface area contributed by atoms with Crippen molar-refractivity contribution in [3.8, 4) is 0 Å². The molecule has 2 aliphatic rings. The summed E-state index contributed by atoms with van der Waals surface area (Å²) in [4.78, 5) is 19.9. The molecule has 0 radical (unpaired) electrons. The molecular weight excluding hydrogens is 292 g/mol. The van der Waals surface area contributed by atoms with E-state index in [-0.39, 0.29) is 10.6 Å². The van der Waals surface area contributed by atoms with Crippen molar-refractivity contribution in [1.29, 1.82) is 0 Å². The number of piperidine rings is 2. The molecule has 3 heterocycles. The maximum atomic E-state index is 11.2. The minimum Gasteiger partial charge on any atom is -0.351 e. The highest BCUT2D eigenvalue weighted by molar-refractivity contribution is 5.57. The maximum absolute atomic E-state index is 11.2. The van der Waals surface area contributed by atoms with Gasteiger partial charge in [0.1, 0.15) is 0 Å². The first kappa shape index (κ1) is 16.2. The van der Waals surface area contributed by atoms with E-state index in [0.717, 1.165) is 32.0 Å². The summed E-state index contributed by atoms with van der Waals surface area (Å²) >= 11 is 0. The molecule has 1 atom stereocenters. The lowest BCUT2D eigenvalue weighted by molar-refractivity contribution is -0.384. The molecule has 0 N–H and O–H groups in total. The number of nitro groups is 1. The molecule has 0 bridgehead atoms. The molecule has 1 aromatic rings. The van der Waals surface area contributed by atoms with Crippen LogP contribution in [0.2, 0.25) is 0 Å². The highest BCUT2D eigenvalue weighted by atomic mass is 16.6. The van der Waals surface area contributed by atoms with Gasteiger partial charge in [-0.1, -0.05) is 6.92 Å². The third-order valence-corrected chi connectivity index (χ3v) is 5.17. The number of rotatable bonds is 4. The van der Waals surface area contributed by atoms with Gasteiger partial charge in [-0.25, -0.2) is 4.98 Å². The van der Waals surface area contributed by atoms with Crippen LogP contribution in [0.15, 0.2) is 18.3 Å². The number of pyridine rings is 1. The molecule has 2 aliphatic heterocycles. The number of anilines is 1. The number of aromatic nitrogens is 1. The quantitative estimate of drug-likeness (QED) is 0.631. The van der Waals surface area contributed by atoms with Crippen molar-refractivity contribution in [2.24, 2.45) is 11.8 Å². The van der Waals surface area contributed by atoms with Crippen molar-refractivity contribution in [3.63, 3.8) is 0 Å². The monoisotopic (exact) mass is 318 g/mol. The molecule has 0 aromatic carbocycles. The van der Waals surface area contributed by atoms with Crippen molar-refractivity contribution in [2.75, 3.05) is 37.6 Å². The number of hydrogen-bond donors (Lipinski definition) is 0. The largest absolute Gasteiger partial charge is 0.351 e. The van der Waals surface area contributed by atoms with Gasteiger partial charge in [-0.15, -0.1) is 0 Å². The van der Waals surface area contributed by atoms with Gasteiger partial charge in [-0.05, 0) is 56.7 Å². The van der Waals surface area contributed by atoms with Gasteiger partial charge in [0.2, 0.25) is 5.82 Å². The van der Waals surface area contributed by atoms with Crippen molar-refractivity contribution in [2.45, 2.75) is 32.6 Å². The molecule has 6 heteroatoms. The van der Waals surface area contributed by atoms with Crippen LogP contribution in [0.4, 0.5) is 11.5 Å². The van der Waals surface area contributed by atoms with E-state index in [1.165, 1.54) is 32.4 Å². The highest BCUT2D eigenvalue weighted by Crippen LogP contribution is 2.29. The van der Waals surface area contributed by atoms with Gasteiger partial charge in [0, 0.05) is 31.9 Å². The van der Waals surface area contributed by atoms with Crippen LogP contribution in [0.1, 0.15) is 32.6 Å². The molecule has 23 heavy (non-hydrogen) atoms. The van der Waals surface area contributed by atoms with Crippen LogP contribution in [0.5, 0.6) is 0 Å². The average Bonchev–Trinajstić information content (AvgIpc) is 2.57. The van der Waals surface area contributed by atoms with Gasteiger partial charge >= 0.3 is 5.69 Å². The Kier molecular flexibility index (Phi) is 5.10. The minimum absolute atomic E-state index is 0.125. The summed E-state index contributed by atoms with van der Waals surface area (Å²) in [6.07, 6.45) is 6.54. The van der Waals surface area contributed by atoms with Gasteiger partial charge in [0.05, 0.1) is 4.92 Å². The molecule has 0 saturated carbocycles. The Morgan fingerprint density at radius 3 is 2.83 bits per heavy atom. The Morgan fingerprint density at radius 1 is 1.30 bits per heavy atom. The van der Waals surface area contributed by atoms with E-state index in [0.29, 0.717) is 11.7 Å². The van der Waals surface area contributed by atoms with Crippen LogP contribution in [-0.4, -0.2) is 47.5 Å². The van der Waals surface area contributed by atoms with Crippen molar-refractivity contribution in [3.05, 3.63) is 28.4 Å². The Hall–Kier alpha value is -1.69. The van der Waals surface area contributed by atoms with Gasteiger partial charge in [0.15, 0.2) is 0 Å². The van der Waals surface area contributed by atoms with Gasteiger partial charge < -0.3 is 9.80 Å². The normalized spacial score (nSPS) is 23.9. The molecule has 3 rings (SSSR count). The van der Waals surface area contributed by atoms with E-state index in [1.54, 1.807) is 18.3 Å². The molecule has 0 spiro atoms. The summed E-state index contributed by atoms with van der Waals surface area (Å²) in [7, 11) is 0. The standard InChI is InChI=1S/C17H26N4O2/c1-14-6-10-19(11-7-14)12-15-4-3-9-20(13-15)17-16(21(22)23)5-2-8-18-17/h2,5,8,14-15H,3-4,6-7,9-13H2,1H3. The minimum atomic E-state index is -0.321. The Balaban J connectivity index is 1.63. The zero-order chi connectivity index (χ0) is 16.2. The fourth-order valence-electron chi connectivity index (χ4n) is 3.79. The Bertz CT molecular complexity index is 543. The molecule has 1 unspecified atom stereocenters. The topological polar surface area (TPSA) is 62.5 Å². The molecule has 0 aliphatic carbocycles. The summed E-state index contributed by atoms with van der Waals surface area (Å²) in [6.45, 7) is 7.59. The molecule has 1 aromatic heterocycles.